The number of nitrogens with zero attached hydrogens (tertiary/aromatic N) is 1. The van der Waals surface area contributed by atoms with Gasteiger partial charge in [0.25, 0.3) is 0 Å². The lowest BCUT2D eigenvalue weighted by Crippen LogP contribution is -2.00. The van der Waals surface area contributed by atoms with Crippen molar-refractivity contribution in [1.29, 1.82) is 0 Å². The molecule has 3 rings (SSSR count). The molecule has 3 aromatic rings. The third-order valence-corrected chi connectivity index (χ3v) is 3.62. The smallest absolute Gasteiger partial charge is 0.161 e. The maximum absolute atomic E-state index is 5.75. The minimum Gasteiger partial charge on any atom is -0.490 e. The van der Waals surface area contributed by atoms with Gasteiger partial charge in [0.15, 0.2) is 11.5 Å². The molecule has 0 atom stereocenters. The molecule has 1 heterocycles. The molecule has 23 heavy (non-hydrogen) atoms. The maximum atomic E-state index is 5.75. The summed E-state index contributed by atoms with van der Waals surface area (Å²) in [6.45, 7) is 7.42. The van der Waals surface area contributed by atoms with Gasteiger partial charge < -0.3 is 14.5 Å². The summed E-state index contributed by atoms with van der Waals surface area (Å²) in [7, 11) is 0. The summed E-state index contributed by atoms with van der Waals surface area (Å²) >= 11 is 0. The van der Waals surface area contributed by atoms with Gasteiger partial charge in [0, 0.05) is 5.56 Å². The van der Waals surface area contributed by atoms with Gasteiger partial charge >= 0.3 is 0 Å². The maximum Gasteiger partial charge on any atom is 0.161 e. The minimum atomic E-state index is 0.602. The van der Waals surface area contributed by atoms with Crippen LogP contribution in [0.5, 0.6) is 11.5 Å². The normalized spacial score (nSPS) is 10.9. The van der Waals surface area contributed by atoms with Crippen LogP contribution in [0.25, 0.3) is 22.4 Å². The molecule has 120 valence electrons. The molecule has 1 N–H and O–H groups in total. The van der Waals surface area contributed by atoms with Gasteiger partial charge in [-0.05, 0) is 56.2 Å². The number of aryl methyl sites for hydroxylation is 1. The second-order valence-electron chi connectivity index (χ2n) is 5.55. The predicted octanol–water partition coefficient (Wildman–Crippen LogP) is 4.73. The topological polar surface area (TPSA) is 47.1 Å². The van der Waals surface area contributed by atoms with Crippen LogP contribution in [-0.2, 0) is 0 Å². The van der Waals surface area contributed by atoms with Crippen molar-refractivity contribution in [3.63, 3.8) is 0 Å². The molecule has 0 aliphatic carbocycles. The molecule has 0 saturated carbocycles. The van der Waals surface area contributed by atoms with Crippen LogP contribution in [0.15, 0.2) is 36.4 Å². The summed E-state index contributed by atoms with van der Waals surface area (Å²) in [5.74, 6) is 2.38. The van der Waals surface area contributed by atoms with Crippen molar-refractivity contribution in [3.05, 3.63) is 42.0 Å². The van der Waals surface area contributed by atoms with E-state index in [1.807, 2.05) is 31.2 Å². The molecule has 0 saturated heterocycles. The second-order valence-corrected chi connectivity index (χ2v) is 5.55. The third-order valence-electron chi connectivity index (χ3n) is 3.62. The number of hydrogen-bond acceptors (Lipinski definition) is 3. The first-order valence-electron chi connectivity index (χ1n) is 8.07. The fraction of sp³-hybridized carbons (Fsp3) is 0.316. The lowest BCUT2D eigenvalue weighted by molar-refractivity contribution is 0.277. The Morgan fingerprint density at radius 3 is 2.65 bits per heavy atom. The van der Waals surface area contributed by atoms with Crippen LogP contribution >= 0.6 is 0 Å². The molecular formula is C19H22N2O2. The molecule has 4 heteroatoms. The number of rotatable bonds is 6. The van der Waals surface area contributed by atoms with E-state index in [1.54, 1.807) is 0 Å². The van der Waals surface area contributed by atoms with Gasteiger partial charge in [0.1, 0.15) is 5.82 Å². The lowest BCUT2D eigenvalue weighted by atomic mass is 10.2. The molecule has 0 fully saturated rings. The van der Waals surface area contributed by atoms with Crippen LogP contribution < -0.4 is 9.47 Å². The summed E-state index contributed by atoms with van der Waals surface area (Å²) in [5.41, 5.74) is 4.22. The molecule has 2 aromatic carbocycles. The SMILES string of the molecule is CCCOc1ccc(-c2nc3ccc(C)cc3[nH]2)cc1OCC. The zero-order chi connectivity index (χ0) is 16.2. The van der Waals surface area contributed by atoms with Crippen LogP contribution in [-0.4, -0.2) is 23.2 Å². The largest absolute Gasteiger partial charge is 0.490 e. The van der Waals surface area contributed by atoms with E-state index in [4.69, 9.17) is 9.47 Å². The Bertz CT molecular complexity index is 808. The Morgan fingerprint density at radius 1 is 1.00 bits per heavy atom. The van der Waals surface area contributed by atoms with Gasteiger partial charge in [0.2, 0.25) is 0 Å². The minimum absolute atomic E-state index is 0.602. The fourth-order valence-corrected chi connectivity index (χ4v) is 2.52. The monoisotopic (exact) mass is 310 g/mol. The number of ether oxygens (including phenoxy) is 2. The molecule has 4 nitrogen and oxygen atoms in total. The molecular weight excluding hydrogens is 288 g/mol. The van der Waals surface area contributed by atoms with Crippen molar-refractivity contribution in [2.24, 2.45) is 0 Å². The van der Waals surface area contributed by atoms with Gasteiger partial charge in [-0.1, -0.05) is 13.0 Å². The van der Waals surface area contributed by atoms with Crippen molar-refractivity contribution in [2.75, 3.05) is 13.2 Å². The fourth-order valence-electron chi connectivity index (χ4n) is 2.52. The van der Waals surface area contributed by atoms with Crippen molar-refractivity contribution in [2.45, 2.75) is 27.2 Å². The highest BCUT2D eigenvalue weighted by molar-refractivity contribution is 5.80. The number of fused-ring (bicyclic) bond motifs is 1. The van der Waals surface area contributed by atoms with Crippen LogP contribution in [0.4, 0.5) is 0 Å². The first kappa shape index (κ1) is 15.4. The van der Waals surface area contributed by atoms with Crippen molar-refractivity contribution in [3.8, 4) is 22.9 Å². The van der Waals surface area contributed by atoms with Crippen molar-refractivity contribution in [1.82, 2.24) is 9.97 Å². The van der Waals surface area contributed by atoms with Crippen molar-refractivity contribution < 1.29 is 9.47 Å². The number of imidazole rings is 1. The van der Waals surface area contributed by atoms with E-state index in [1.165, 1.54) is 5.56 Å². The van der Waals surface area contributed by atoms with E-state index in [-0.39, 0.29) is 0 Å². The Hall–Kier alpha value is -2.49. The van der Waals surface area contributed by atoms with Gasteiger partial charge in [-0.2, -0.15) is 0 Å². The summed E-state index contributed by atoms with van der Waals surface area (Å²) in [6.07, 6.45) is 0.968. The van der Waals surface area contributed by atoms with E-state index in [2.05, 4.69) is 35.9 Å². The van der Waals surface area contributed by atoms with Crippen LogP contribution in [0, 0.1) is 6.92 Å². The molecule has 0 aliphatic rings. The highest BCUT2D eigenvalue weighted by atomic mass is 16.5. The second kappa shape index (κ2) is 6.73. The lowest BCUT2D eigenvalue weighted by Gasteiger charge is -2.12. The van der Waals surface area contributed by atoms with E-state index in [0.29, 0.717) is 13.2 Å². The van der Waals surface area contributed by atoms with Gasteiger partial charge in [-0.3, -0.25) is 0 Å². The third kappa shape index (κ3) is 3.31. The zero-order valence-electron chi connectivity index (χ0n) is 13.8. The average molecular weight is 310 g/mol. The number of nitrogens with one attached hydrogen (secondary N) is 1. The number of benzene rings is 2. The summed E-state index contributed by atoms with van der Waals surface area (Å²) in [5, 5.41) is 0. The molecule has 1 aromatic heterocycles. The number of H-pyrrole nitrogens is 1. The zero-order valence-corrected chi connectivity index (χ0v) is 13.8. The highest BCUT2D eigenvalue weighted by Crippen LogP contribution is 2.32. The number of hydrogen-bond donors (Lipinski definition) is 1. The Kier molecular flexibility index (Phi) is 4.51. The predicted molar refractivity (Wildman–Crippen MR) is 93.2 cm³/mol. The van der Waals surface area contributed by atoms with Crippen molar-refractivity contribution >= 4 is 11.0 Å². The van der Waals surface area contributed by atoms with E-state index in [9.17, 15) is 0 Å². The molecule has 0 amide bonds. The standard InChI is InChI=1S/C19H22N2O2/c1-4-10-23-17-9-7-14(12-18(17)22-5-2)19-20-15-8-6-13(3)11-16(15)21-19/h6-9,11-12H,4-5,10H2,1-3H3,(H,20,21). The Morgan fingerprint density at radius 2 is 1.87 bits per heavy atom. The first-order chi connectivity index (χ1) is 11.2. The van der Waals surface area contributed by atoms with E-state index in [0.717, 1.165) is 40.3 Å². The Balaban J connectivity index is 1.98. The van der Waals surface area contributed by atoms with Crippen LogP contribution in [0.3, 0.4) is 0 Å². The van der Waals surface area contributed by atoms with E-state index < -0.39 is 0 Å². The highest BCUT2D eigenvalue weighted by Gasteiger charge is 2.11. The number of aromatic nitrogens is 2. The quantitative estimate of drug-likeness (QED) is 0.716. The molecule has 0 bridgehead atoms. The molecule has 0 spiro atoms. The Labute approximate surface area is 136 Å². The summed E-state index contributed by atoms with van der Waals surface area (Å²) in [4.78, 5) is 8.04. The van der Waals surface area contributed by atoms with E-state index >= 15 is 0 Å². The van der Waals surface area contributed by atoms with Gasteiger partial charge in [-0.25, -0.2) is 4.98 Å². The number of aromatic amines is 1. The van der Waals surface area contributed by atoms with Gasteiger partial charge in [-0.15, -0.1) is 0 Å². The van der Waals surface area contributed by atoms with Gasteiger partial charge in [0.05, 0.1) is 24.2 Å². The molecule has 0 radical (unpaired) electrons. The van der Waals surface area contributed by atoms with Crippen LogP contribution in [0.2, 0.25) is 0 Å². The average Bonchev–Trinajstić information content (AvgIpc) is 2.97. The summed E-state index contributed by atoms with van der Waals surface area (Å²) < 4.78 is 11.5. The first-order valence-corrected chi connectivity index (χ1v) is 8.07. The van der Waals surface area contributed by atoms with Crippen LogP contribution in [0.1, 0.15) is 25.8 Å². The molecule has 0 aliphatic heterocycles. The summed E-state index contributed by atoms with van der Waals surface area (Å²) in [6, 6.07) is 12.2. The molecule has 0 unspecified atom stereocenters.